The van der Waals surface area contributed by atoms with Crippen molar-refractivity contribution in [3.63, 3.8) is 0 Å². The number of rotatable bonds is 5. The molecule has 3 aromatic rings. The van der Waals surface area contributed by atoms with E-state index in [0.29, 0.717) is 0 Å². The first-order valence-electron chi connectivity index (χ1n) is 8.95. The van der Waals surface area contributed by atoms with Gasteiger partial charge in [-0.2, -0.15) is 5.10 Å². The SMILES string of the molecule is Cc1nc(CN2CCN(Cc3ccc(-c4ccccn4)nc3)CC2)n[nH]1. The molecule has 0 atom stereocenters. The number of pyridine rings is 2. The van der Waals surface area contributed by atoms with Crippen molar-refractivity contribution in [3.05, 3.63) is 59.9 Å². The lowest BCUT2D eigenvalue weighted by atomic mass is 10.2. The molecule has 0 amide bonds. The van der Waals surface area contributed by atoms with E-state index >= 15 is 0 Å². The Kier molecular flexibility index (Phi) is 4.99. The normalized spacial score (nSPS) is 16.0. The summed E-state index contributed by atoms with van der Waals surface area (Å²) in [4.78, 5) is 18.2. The number of aromatic amines is 1. The van der Waals surface area contributed by atoms with Crippen molar-refractivity contribution in [1.82, 2.24) is 34.9 Å². The van der Waals surface area contributed by atoms with Crippen LogP contribution in [0.3, 0.4) is 0 Å². The molecule has 0 spiro atoms. The van der Waals surface area contributed by atoms with Crippen LogP contribution in [0, 0.1) is 6.92 Å². The van der Waals surface area contributed by atoms with E-state index in [4.69, 9.17) is 0 Å². The lowest BCUT2D eigenvalue weighted by molar-refractivity contribution is 0.120. The van der Waals surface area contributed by atoms with Crippen LogP contribution in [0.15, 0.2) is 42.7 Å². The number of hydrogen-bond acceptors (Lipinski definition) is 6. The van der Waals surface area contributed by atoms with Crippen LogP contribution in [-0.2, 0) is 13.1 Å². The monoisotopic (exact) mass is 349 g/mol. The second-order valence-electron chi connectivity index (χ2n) is 6.66. The van der Waals surface area contributed by atoms with Crippen molar-refractivity contribution in [2.24, 2.45) is 0 Å². The Morgan fingerprint density at radius 2 is 1.69 bits per heavy atom. The largest absolute Gasteiger partial charge is 0.296 e. The average Bonchev–Trinajstić information content (AvgIpc) is 3.09. The Morgan fingerprint density at radius 1 is 0.923 bits per heavy atom. The molecule has 3 aromatic heterocycles. The second-order valence-corrected chi connectivity index (χ2v) is 6.66. The molecule has 26 heavy (non-hydrogen) atoms. The van der Waals surface area contributed by atoms with E-state index < -0.39 is 0 Å². The highest BCUT2D eigenvalue weighted by atomic mass is 15.3. The Bertz CT molecular complexity index is 821. The molecular weight excluding hydrogens is 326 g/mol. The fourth-order valence-electron chi connectivity index (χ4n) is 3.21. The summed E-state index contributed by atoms with van der Waals surface area (Å²) >= 11 is 0. The minimum Gasteiger partial charge on any atom is -0.296 e. The van der Waals surface area contributed by atoms with Gasteiger partial charge >= 0.3 is 0 Å². The van der Waals surface area contributed by atoms with Crippen LogP contribution < -0.4 is 0 Å². The maximum atomic E-state index is 4.57. The van der Waals surface area contributed by atoms with Crippen LogP contribution in [0.25, 0.3) is 11.4 Å². The van der Waals surface area contributed by atoms with Crippen molar-refractivity contribution in [2.75, 3.05) is 26.2 Å². The topological polar surface area (TPSA) is 73.8 Å². The second kappa shape index (κ2) is 7.72. The molecule has 0 saturated carbocycles. The molecule has 1 aliphatic rings. The van der Waals surface area contributed by atoms with Crippen molar-refractivity contribution in [3.8, 4) is 11.4 Å². The molecule has 134 valence electrons. The van der Waals surface area contributed by atoms with E-state index in [1.807, 2.05) is 31.3 Å². The summed E-state index contributed by atoms with van der Waals surface area (Å²) in [5, 5.41) is 7.13. The highest BCUT2D eigenvalue weighted by Gasteiger charge is 2.18. The standard InChI is InChI=1S/C19H23N7/c1-15-22-19(24-23-15)14-26-10-8-25(9-11-26)13-16-5-6-18(21-12-16)17-4-2-3-7-20-17/h2-7,12H,8-11,13-14H2,1H3,(H,22,23,24). The van der Waals surface area contributed by atoms with E-state index in [0.717, 1.165) is 62.3 Å². The van der Waals surface area contributed by atoms with Gasteiger partial charge in [0.1, 0.15) is 5.82 Å². The summed E-state index contributed by atoms with van der Waals surface area (Å²) in [5.41, 5.74) is 3.07. The minimum atomic E-state index is 0.818. The summed E-state index contributed by atoms with van der Waals surface area (Å²) in [5.74, 6) is 1.76. The van der Waals surface area contributed by atoms with Crippen molar-refractivity contribution >= 4 is 0 Å². The predicted molar refractivity (Wildman–Crippen MR) is 99.1 cm³/mol. The molecule has 7 nitrogen and oxygen atoms in total. The van der Waals surface area contributed by atoms with Crippen LogP contribution in [0.5, 0.6) is 0 Å². The van der Waals surface area contributed by atoms with Crippen molar-refractivity contribution in [1.29, 1.82) is 0 Å². The minimum absolute atomic E-state index is 0.818. The van der Waals surface area contributed by atoms with Crippen LogP contribution in [-0.4, -0.2) is 61.1 Å². The fraction of sp³-hybridized carbons (Fsp3) is 0.368. The van der Waals surface area contributed by atoms with E-state index in [1.54, 1.807) is 6.20 Å². The Balaban J connectivity index is 1.29. The number of aryl methyl sites for hydroxylation is 1. The van der Waals surface area contributed by atoms with Gasteiger partial charge in [0.15, 0.2) is 5.82 Å². The van der Waals surface area contributed by atoms with Crippen LogP contribution >= 0.6 is 0 Å². The molecule has 0 aliphatic carbocycles. The summed E-state index contributed by atoms with van der Waals surface area (Å²) in [6, 6.07) is 10.1. The van der Waals surface area contributed by atoms with Crippen LogP contribution in [0.2, 0.25) is 0 Å². The van der Waals surface area contributed by atoms with Crippen LogP contribution in [0.4, 0.5) is 0 Å². The predicted octanol–water partition coefficient (Wildman–Crippen LogP) is 1.89. The Hall–Kier alpha value is -2.64. The number of H-pyrrole nitrogens is 1. The first-order chi connectivity index (χ1) is 12.8. The molecule has 1 saturated heterocycles. The molecule has 0 radical (unpaired) electrons. The van der Waals surface area contributed by atoms with Gasteiger partial charge in [0, 0.05) is 45.1 Å². The summed E-state index contributed by atoms with van der Waals surface area (Å²) in [6.45, 7) is 7.85. The summed E-state index contributed by atoms with van der Waals surface area (Å²) in [7, 11) is 0. The van der Waals surface area contributed by atoms with Gasteiger partial charge in [-0.3, -0.25) is 24.9 Å². The third-order valence-electron chi connectivity index (χ3n) is 4.63. The Labute approximate surface area is 153 Å². The van der Waals surface area contributed by atoms with E-state index in [-0.39, 0.29) is 0 Å². The lowest BCUT2D eigenvalue weighted by Gasteiger charge is -2.34. The van der Waals surface area contributed by atoms with Crippen molar-refractivity contribution < 1.29 is 0 Å². The molecule has 0 unspecified atom stereocenters. The van der Waals surface area contributed by atoms with Crippen LogP contribution in [0.1, 0.15) is 17.2 Å². The first-order valence-corrected chi connectivity index (χ1v) is 8.95. The van der Waals surface area contributed by atoms with Gasteiger partial charge < -0.3 is 0 Å². The molecule has 0 aromatic carbocycles. The fourth-order valence-corrected chi connectivity index (χ4v) is 3.21. The highest BCUT2D eigenvalue weighted by molar-refractivity contribution is 5.53. The third kappa shape index (κ3) is 4.12. The zero-order valence-corrected chi connectivity index (χ0v) is 15.0. The quantitative estimate of drug-likeness (QED) is 0.758. The lowest BCUT2D eigenvalue weighted by Crippen LogP contribution is -2.45. The van der Waals surface area contributed by atoms with Gasteiger partial charge in [-0.1, -0.05) is 12.1 Å². The van der Waals surface area contributed by atoms with E-state index in [1.165, 1.54) is 5.56 Å². The Morgan fingerprint density at radius 3 is 2.31 bits per heavy atom. The molecule has 4 heterocycles. The molecule has 7 heteroatoms. The van der Waals surface area contributed by atoms with E-state index in [9.17, 15) is 0 Å². The number of nitrogens with zero attached hydrogens (tertiary/aromatic N) is 6. The summed E-state index contributed by atoms with van der Waals surface area (Å²) < 4.78 is 0. The maximum Gasteiger partial charge on any atom is 0.164 e. The molecule has 1 fully saturated rings. The zero-order chi connectivity index (χ0) is 17.8. The molecule has 4 rings (SSSR count). The number of aromatic nitrogens is 5. The van der Waals surface area contributed by atoms with Gasteiger partial charge in [-0.15, -0.1) is 0 Å². The average molecular weight is 349 g/mol. The highest BCUT2D eigenvalue weighted by Crippen LogP contribution is 2.15. The van der Waals surface area contributed by atoms with Gasteiger partial charge in [0.05, 0.1) is 17.9 Å². The molecule has 0 bridgehead atoms. The summed E-state index contributed by atoms with van der Waals surface area (Å²) in [6.07, 6.45) is 3.76. The maximum absolute atomic E-state index is 4.57. The van der Waals surface area contributed by atoms with Crippen molar-refractivity contribution in [2.45, 2.75) is 20.0 Å². The number of hydrogen-bond donors (Lipinski definition) is 1. The first kappa shape index (κ1) is 16.8. The molecule has 1 N–H and O–H groups in total. The molecular formula is C19H23N7. The third-order valence-corrected chi connectivity index (χ3v) is 4.63. The molecule has 1 aliphatic heterocycles. The van der Waals surface area contributed by atoms with Gasteiger partial charge in [-0.05, 0) is 30.7 Å². The number of nitrogens with one attached hydrogen (secondary N) is 1. The van der Waals surface area contributed by atoms with Gasteiger partial charge in [0.2, 0.25) is 0 Å². The van der Waals surface area contributed by atoms with Gasteiger partial charge in [0.25, 0.3) is 0 Å². The number of piperazine rings is 1. The van der Waals surface area contributed by atoms with Gasteiger partial charge in [-0.25, -0.2) is 4.98 Å². The van der Waals surface area contributed by atoms with E-state index in [2.05, 4.69) is 47.1 Å². The zero-order valence-electron chi connectivity index (χ0n) is 15.0. The smallest absolute Gasteiger partial charge is 0.164 e.